The number of fused-ring (bicyclic) bond motifs is 3. The first-order chi connectivity index (χ1) is 11.6. The standard InChI is InChI=1S/C18H24N2O2S2/c1-4-13(18(21)22-9-11(2)3)23-16-15-12-7-5-6-8-14(12)24-17(15)20-10-19-16/h10-11,13H,4-9H2,1-3H3/t13-/m0/s1. The van der Waals surface area contributed by atoms with Crippen LogP contribution >= 0.6 is 23.1 Å². The summed E-state index contributed by atoms with van der Waals surface area (Å²) in [6.07, 6.45) is 7.09. The van der Waals surface area contributed by atoms with Crippen LogP contribution in [-0.4, -0.2) is 27.8 Å². The Hall–Kier alpha value is -1.14. The second-order valence-corrected chi connectivity index (χ2v) is 8.88. The average Bonchev–Trinajstić information content (AvgIpc) is 2.96. The molecule has 1 aliphatic rings. The van der Waals surface area contributed by atoms with Gasteiger partial charge >= 0.3 is 5.97 Å². The predicted molar refractivity (Wildman–Crippen MR) is 99.8 cm³/mol. The lowest BCUT2D eigenvalue weighted by molar-refractivity contribution is -0.144. The van der Waals surface area contributed by atoms with Crippen LogP contribution in [0.4, 0.5) is 0 Å². The summed E-state index contributed by atoms with van der Waals surface area (Å²) in [5, 5.41) is 1.91. The van der Waals surface area contributed by atoms with E-state index in [2.05, 4.69) is 9.97 Å². The van der Waals surface area contributed by atoms with Crippen LogP contribution in [0, 0.1) is 5.92 Å². The molecule has 3 rings (SSSR count). The van der Waals surface area contributed by atoms with Crippen molar-refractivity contribution in [3.05, 3.63) is 16.8 Å². The molecule has 0 saturated carbocycles. The first kappa shape index (κ1) is 17.7. The summed E-state index contributed by atoms with van der Waals surface area (Å²) >= 11 is 3.33. The molecule has 0 saturated heterocycles. The Kier molecular flexibility index (Phi) is 5.76. The molecule has 0 aliphatic heterocycles. The van der Waals surface area contributed by atoms with Gasteiger partial charge in [0.1, 0.15) is 21.4 Å². The van der Waals surface area contributed by atoms with Crippen LogP contribution in [0.15, 0.2) is 11.4 Å². The number of carbonyl (C=O) groups excluding carboxylic acids is 1. The zero-order valence-electron chi connectivity index (χ0n) is 14.5. The van der Waals surface area contributed by atoms with Crippen LogP contribution < -0.4 is 0 Å². The molecule has 0 radical (unpaired) electrons. The van der Waals surface area contributed by atoms with Gasteiger partial charge in [-0.15, -0.1) is 11.3 Å². The van der Waals surface area contributed by atoms with E-state index in [0.29, 0.717) is 12.5 Å². The highest BCUT2D eigenvalue weighted by Crippen LogP contribution is 2.40. The number of aromatic nitrogens is 2. The van der Waals surface area contributed by atoms with Gasteiger partial charge in [-0.25, -0.2) is 9.97 Å². The highest BCUT2D eigenvalue weighted by Gasteiger charge is 2.25. The fraction of sp³-hybridized carbons (Fsp3) is 0.611. The fourth-order valence-corrected chi connectivity index (χ4v) is 5.26. The third-order valence-electron chi connectivity index (χ3n) is 4.16. The van der Waals surface area contributed by atoms with E-state index in [9.17, 15) is 4.79 Å². The zero-order chi connectivity index (χ0) is 17.1. The van der Waals surface area contributed by atoms with Crippen molar-refractivity contribution in [2.75, 3.05) is 6.61 Å². The van der Waals surface area contributed by atoms with Gasteiger partial charge < -0.3 is 4.74 Å². The third kappa shape index (κ3) is 3.75. The molecule has 0 aromatic carbocycles. The minimum atomic E-state index is -0.207. The van der Waals surface area contributed by atoms with Gasteiger partial charge in [0, 0.05) is 10.3 Å². The average molecular weight is 365 g/mol. The number of thiophene rings is 1. The lowest BCUT2D eigenvalue weighted by Crippen LogP contribution is -2.21. The minimum Gasteiger partial charge on any atom is -0.465 e. The van der Waals surface area contributed by atoms with Crippen LogP contribution in [0.1, 0.15) is 50.5 Å². The van der Waals surface area contributed by atoms with Gasteiger partial charge in [0.25, 0.3) is 0 Å². The zero-order valence-corrected chi connectivity index (χ0v) is 16.1. The van der Waals surface area contributed by atoms with E-state index in [0.717, 1.165) is 29.1 Å². The van der Waals surface area contributed by atoms with Gasteiger partial charge in [-0.2, -0.15) is 0 Å². The van der Waals surface area contributed by atoms with Crippen molar-refractivity contribution in [2.24, 2.45) is 5.92 Å². The highest BCUT2D eigenvalue weighted by molar-refractivity contribution is 8.00. The van der Waals surface area contributed by atoms with Crippen molar-refractivity contribution in [3.8, 4) is 0 Å². The second-order valence-electron chi connectivity index (χ2n) is 6.61. The summed E-state index contributed by atoms with van der Waals surface area (Å²) < 4.78 is 5.43. The van der Waals surface area contributed by atoms with Gasteiger partial charge in [-0.05, 0) is 43.6 Å². The molecule has 0 unspecified atom stereocenters. The minimum absolute atomic E-state index is 0.132. The van der Waals surface area contributed by atoms with E-state index >= 15 is 0 Å². The van der Waals surface area contributed by atoms with Crippen molar-refractivity contribution in [3.63, 3.8) is 0 Å². The van der Waals surface area contributed by atoms with Gasteiger partial charge in [0.05, 0.1) is 6.61 Å². The first-order valence-electron chi connectivity index (χ1n) is 8.68. The molecule has 0 spiro atoms. The Balaban J connectivity index is 1.86. The summed E-state index contributed by atoms with van der Waals surface area (Å²) in [6, 6.07) is 0. The Labute approximate surface area is 151 Å². The number of esters is 1. The van der Waals surface area contributed by atoms with E-state index in [1.54, 1.807) is 17.7 Å². The van der Waals surface area contributed by atoms with Gasteiger partial charge in [0.15, 0.2) is 0 Å². The maximum Gasteiger partial charge on any atom is 0.319 e. The topological polar surface area (TPSA) is 52.1 Å². The van der Waals surface area contributed by atoms with Gasteiger partial charge in [-0.1, -0.05) is 32.5 Å². The summed E-state index contributed by atoms with van der Waals surface area (Å²) in [7, 11) is 0. The van der Waals surface area contributed by atoms with E-state index in [1.807, 2.05) is 20.8 Å². The fourth-order valence-electron chi connectivity index (χ4n) is 2.93. The Morgan fingerprint density at radius 3 is 2.88 bits per heavy atom. The van der Waals surface area contributed by atoms with E-state index in [-0.39, 0.29) is 11.2 Å². The van der Waals surface area contributed by atoms with Crippen molar-refractivity contribution in [2.45, 2.75) is 63.2 Å². The molecular formula is C18H24N2O2S2. The number of aryl methyl sites for hydroxylation is 2. The van der Waals surface area contributed by atoms with Crippen molar-refractivity contribution in [1.82, 2.24) is 9.97 Å². The second kappa shape index (κ2) is 7.83. The smallest absolute Gasteiger partial charge is 0.319 e. The number of carbonyl (C=O) groups is 1. The number of hydrogen-bond acceptors (Lipinski definition) is 6. The summed E-state index contributed by atoms with van der Waals surface area (Å²) in [5.41, 5.74) is 1.41. The van der Waals surface area contributed by atoms with Crippen LogP contribution in [0.5, 0.6) is 0 Å². The maximum atomic E-state index is 12.4. The third-order valence-corrected chi connectivity index (χ3v) is 6.71. The molecule has 0 amide bonds. The maximum absolute atomic E-state index is 12.4. The molecular weight excluding hydrogens is 340 g/mol. The normalized spacial score (nSPS) is 15.5. The number of rotatable bonds is 6. The molecule has 6 heteroatoms. The molecule has 0 N–H and O–H groups in total. The predicted octanol–water partition coefficient (Wildman–Crippen LogP) is 4.64. The molecule has 130 valence electrons. The van der Waals surface area contributed by atoms with Crippen molar-refractivity contribution >= 4 is 39.3 Å². The number of hydrogen-bond donors (Lipinski definition) is 0. The van der Waals surface area contributed by atoms with E-state index in [1.165, 1.54) is 40.4 Å². The Morgan fingerprint density at radius 2 is 2.12 bits per heavy atom. The molecule has 0 fully saturated rings. The van der Waals surface area contributed by atoms with Crippen molar-refractivity contribution < 1.29 is 9.53 Å². The van der Waals surface area contributed by atoms with E-state index < -0.39 is 0 Å². The number of thioether (sulfide) groups is 1. The number of nitrogens with zero attached hydrogens (tertiary/aromatic N) is 2. The Morgan fingerprint density at radius 1 is 1.33 bits per heavy atom. The summed E-state index contributed by atoms with van der Waals surface area (Å²) in [6.45, 7) is 6.60. The largest absolute Gasteiger partial charge is 0.465 e. The first-order valence-corrected chi connectivity index (χ1v) is 10.4. The lowest BCUT2D eigenvalue weighted by Gasteiger charge is -2.16. The molecule has 4 nitrogen and oxygen atoms in total. The van der Waals surface area contributed by atoms with Crippen molar-refractivity contribution in [1.29, 1.82) is 0 Å². The summed E-state index contributed by atoms with van der Waals surface area (Å²) in [5.74, 6) is 0.221. The molecule has 0 bridgehead atoms. The van der Waals surface area contributed by atoms with Crippen LogP contribution in [-0.2, 0) is 22.4 Å². The van der Waals surface area contributed by atoms with Crippen LogP contribution in [0.2, 0.25) is 0 Å². The molecule has 1 atom stereocenters. The molecule has 2 aromatic rings. The van der Waals surface area contributed by atoms with Gasteiger partial charge in [0.2, 0.25) is 0 Å². The van der Waals surface area contributed by atoms with Crippen LogP contribution in [0.25, 0.3) is 10.2 Å². The van der Waals surface area contributed by atoms with Crippen LogP contribution in [0.3, 0.4) is 0 Å². The quantitative estimate of drug-likeness (QED) is 0.424. The SMILES string of the molecule is CC[C@H](Sc1ncnc2sc3c(c12)CCCC3)C(=O)OCC(C)C. The monoisotopic (exact) mass is 364 g/mol. The summed E-state index contributed by atoms with van der Waals surface area (Å²) in [4.78, 5) is 23.8. The molecule has 1 aliphatic carbocycles. The molecule has 24 heavy (non-hydrogen) atoms. The molecule has 2 aromatic heterocycles. The highest BCUT2D eigenvalue weighted by atomic mass is 32.2. The Bertz CT molecular complexity index is 727. The molecule has 2 heterocycles. The number of ether oxygens (including phenoxy) is 1. The van der Waals surface area contributed by atoms with E-state index in [4.69, 9.17) is 4.74 Å². The van der Waals surface area contributed by atoms with Gasteiger partial charge in [-0.3, -0.25) is 4.79 Å². The lowest BCUT2D eigenvalue weighted by atomic mass is 9.97.